The Morgan fingerprint density at radius 1 is 0.750 bits per heavy atom. The summed E-state index contributed by atoms with van der Waals surface area (Å²) in [5.74, 6) is -0.379. The van der Waals surface area contributed by atoms with Crippen molar-refractivity contribution in [2.24, 2.45) is 0 Å². The molecule has 184 valence electrons. The Kier molecular flexibility index (Phi) is 7.98. The van der Waals surface area contributed by atoms with Gasteiger partial charge in [-0.2, -0.15) is 4.31 Å². The summed E-state index contributed by atoms with van der Waals surface area (Å²) in [6.07, 6.45) is 0. The Morgan fingerprint density at radius 3 is 1.89 bits per heavy atom. The molecule has 0 bridgehead atoms. The number of nitrogens with one attached hydrogen (secondary N) is 1. The van der Waals surface area contributed by atoms with E-state index in [9.17, 15) is 13.2 Å². The van der Waals surface area contributed by atoms with Crippen molar-refractivity contribution in [3.8, 4) is 0 Å². The molecule has 0 aliphatic carbocycles. The van der Waals surface area contributed by atoms with Crippen LogP contribution in [0.15, 0.2) is 114 Å². The summed E-state index contributed by atoms with van der Waals surface area (Å²) in [7, 11) is -3.92. The van der Waals surface area contributed by atoms with Crippen LogP contribution in [0, 0.1) is 13.8 Å². The van der Waals surface area contributed by atoms with Crippen LogP contribution in [0.4, 0.5) is 0 Å². The van der Waals surface area contributed by atoms with Gasteiger partial charge >= 0.3 is 0 Å². The van der Waals surface area contributed by atoms with Crippen LogP contribution >= 0.6 is 0 Å². The second-order valence-corrected chi connectivity index (χ2v) is 10.8. The Balaban J connectivity index is 1.64. The number of benzene rings is 4. The normalized spacial score (nSPS) is 11.6. The van der Waals surface area contributed by atoms with Gasteiger partial charge in [0, 0.05) is 6.54 Å². The lowest BCUT2D eigenvalue weighted by Crippen LogP contribution is -2.41. The minimum Gasteiger partial charge on any atom is -0.344 e. The minimum absolute atomic E-state index is 0.0899. The molecule has 0 radical (unpaired) electrons. The Hall–Kier alpha value is -3.74. The van der Waals surface area contributed by atoms with Crippen LogP contribution in [0.5, 0.6) is 0 Å². The number of carbonyl (C=O) groups is 1. The van der Waals surface area contributed by atoms with Gasteiger partial charge in [0.1, 0.15) is 0 Å². The van der Waals surface area contributed by atoms with Crippen molar-refractivity contribution in [1.82, 2.24) is 9.62 Å². The van der Waals surface area contributed by atoms with Crippen LogP contribution in [-0.2, 0) is 21.4 Å². The van der Waals surface area contributed by atoms with E-state index < -0.39 is 16.1 Å². The van der Waals surface area contributed by atoms with E-state index in [4.69, 9.17) is 0 Å². The van der Waals surface area contributed by atoms with E-state index in [0.29, 0.717) is 0 Å². The van der Waals surface area contributed by atoms with Crippen LogP contribution in [0.1, 0.15) is 33.9 Å². The average molecular weight is 499 g/mol. The SMILES string of the molecule is Cc1ccc(S(=O)(=O)N(CC(=O)NC(c2ccccc2)c2ccccc2)Cc2cccc(C)c2)cc1. The van der Waals surface area contributed by atoms with Gasteiger partial charge in [-0.05, 0) is 42.7 Å². The molecular formula is C30H30N2O3S. The monoisotopic (exact) mass is 498 g/mol. The lowest BCUT2D eigenvalue weighted by molar-refractivity contribution is -0.121. The third-order valence-corrected chi connectivity index (χ3v) is 7.80. The van der Waals surface area contributed by atoms with Gasteiger partial charge in [-0.15, -0.1) is 0 Å². The molecule has 1 N–H and O–H groups in total. The first-order valence-corrected chi connectivity index (χ1v) is 13.3. The summed E-state index contributed by atoms with van der Waals surface area (Å²) >= 11 is 0. The molecule has 36 heavy (non-hydrogen) atoms. The molecule has 0 atom stereocenters. The fourth-order valence-corrected chi connectivity index (χ4v) is 5.50. The zero-order valence-corrected chi connectivity index (χ0v) is 21.3. The van der Waals surface area contributed by atoms with Gasteiger partial charge in [0.2, 0.25) is 15.9 Å². The van der Waals surface area contributed by atoms with Crippen LogP contribution in [-0.4, -0.2) is 25.2 Å². The number of amides is 1. The fraction of sp³-hybridized carbons (Fsp3) is 0.167. The first-order valence-electron chi connectivity index (χ1n) is 11.8. The van der Waals surface area contributed by atoms with Crippen molar-refractivity contribution in [3.63, 3.8) is 0 Å². The number of aryl methyl sites for hydroxylation is 2. The van der Waals surface area contributed by atoms with Crippen molar-refractivity contribution in [2.45, 2.75) is 31.3 Å². The molecule has 4 aromatic carbocycles. The highest BCUT2D eigenvalue weighted by molar-refractivity contribution is 7.89. The van der Waals surface area contributed by atoms with E-state index in [-0.39, 0.29) is 23.9 Å². The number of sulfonamides is 1. The second kappa shape index (κ2) is 11.3. The minimum atomic E-state index is -3.92. The number of carbonyl (C=O) groups excluding carboxylic acids is 1. The summed E-state index contributed by atoms with van der Waals surface area (Å²) in [5.41, 5.74) is 4.65. The van der Waals surface area contributed by atoms with Crippen LogP contribution in [0.25, 0.3) is 0 Å². The van der Waals surface area contributed by atoms with Gasteiger partial charge in [0.25, 0.3) is 0 Å². The largest absolute Gasteiger partial charge is 0.344 e. The molecule has 4 aromatic rings. The van der Waals surface area contributed by atoms with Gasteiger partial charge in [-0.25, -0.2) is 8.42 Å². The molecule has 0 saturated carbocycles. The third-order valence-electron chi connectivity index (χ3n) is 5.99. The quantitative estimate of drug-likeness (QED) is 0.336. The van der Waals surface area contributed by atoms with E-state index in [2.05, 4.69) is 5.32 Å². The van der Waals surface area contributed by atoms with Gasteiger partial charge in [0.15, 0.2) is 0 Å². The molecule has 0 spiro atoms. The standard InChI is InChI=1S/C30H30N2O3S/c1-23-16-18-28(19-17-23)36(34,35)32(21-25-11-9-10-24(2)20-25)22-29(33)31-30(26-12-5-3-6-13-26)27-14-7-4-8-15-27/h3-20,30H,21-22H2,1-2H3,(H,31,33). The van der Waals surface area contributed by atoms with Gasteiger partial charge in [0.05, 0.1) is 17.5 Å². The van der Waals surface area contributed by atoms with Gasteiger partial charge in [-0.1, -0.05) is 108 Å². The zero-order valence-electron chi connectivity index (χ0n) is 20.5. The van der Waals surface area contributed by atoms with Crippen molar-refractivity contribution < 1.29 is 13.2 Å². The molecule has 5 nitrogen and oxygen atoms in total. The molecule has 4 rings (SSSR count). The van der Waals surface area contributed by atoms with Crippen molar-refractivity contribution in [1.29, 1.82) is 0 Å². The highest BCUT2D eigenvalue weighted by Crippen LogP contribution is 2.23. The van der Waals surface area contributed by atoms with E-state index in [0.717, 1.165) is 27.8 Å². The molecule has 0 aliphatic heterocycles. The smallest absolute Gasteiger partial charge is 0.243 e. The Labute approximate surface area is 213 Å². The number of rotatable bonds is 9. The van der Waals surface area contributed by atoms with Crippen LogP contribution < -0.4 is 5.32 Å². The Morgan fingerprint density at radius 2 is 1.33 bits per heavy atom. The predicted molar refractivity (Wildman–Crippen MR) is 143 cm³/mol. The highest BCUT2D eigenvalue weighted by atomic mass is 32.2. The molecule has 0 saturated heterocycles. The van der Waals surface area contributed by atoms with Crippen molar-refractivity contribution >= 4 is 15.9 Å². The molecule has 6 heteroatoms. The first kappa shape index (κ1) is 25.4. The topological polar surface area (TPSA) is 66.5 Å². The first-order chi connectivity index (χ1) is 17.3. The zero-order chi connectivity index (χ0) is 25.5. The van der Waals surface area contributed by atoms with Crippen molar-refractivity contribution in [2.75, 3.05) is 6.54 Å². The second-order valence-electron chi connectivity index (χ2n) is 8.90. The molecular weight excluding hydrogens is 468 g/mol. The third kappa shape index (κ3) is 6.27. The maximum atomic E-state index is 13.6. The number of hydrogen-bond acceptors (Lipinski definition) is 3. The highest BCUT2D eigenvalue weighted by Gasteiger charge is 2.28. The van der Waals surface area contributed by atoms with E-state index in [1.54, 1.807) is 24.3 Å². The van der Waals surface area contributed by atoms with Crippen molar-refractivity contribution in [3.05, 3.63) is 137 Å². The predicted octanol–water partition coefficient (Wildman–Crippen LogP) is 5.40. The van der Waals surface area contributed by atoms with Crippen LogP contribution in [0.3, 0.4) is 0 Å². The maximum absolute atomic E-state index is 13.6. The Bertz CT molecular complexity index is 1360. The summed E-state index contributed by atoms with van der Waals surface area (Å²) in [4.78, 5) is 13.5. The summed E-state index contributed by atoms with van der Waals surface area (Å²) in [6, 6.07) is 33.3. The molecule has 0 aliphatic rings. The lowest BCUT2D eigenvalue weighted by Gasteiger charge is -2.25. The summed E-state index contributed by atoms with van der Waals surface area (Å²) in [5, 5.41) is 3.06. The van der Waals surface area contributed by atoms with E-state index in [1.165, 1.54) is 4.31 Å². The summed E-state index contributed by atoms with van der Waals surface area (Å²) < 4.78 is 28.5. The number of nitrogens with zero attached hydrogens (tertiary/aromatic N) is 1. The van der Waals surface area contributed by atoms with Gasteiger partial charge < -0.3 is 5.32 Å². The molecule has 0 heterocycles. The van der Waals surface area contributed by atoms with Crippen LogP contribution in [0.2, 0.25) is 0 Å². The number of hydrogen-bond donors (Lipinski definition) is 1. The fourth-order valence-electron chi connectivity index (χ4n) is 4.12. The molecule has 0 aromatic heterocycles. The maximum Gasteiger partial charge on any atom is 0.243 e. The molecule has 1 amide bonds. The molecule has 0 fully saturated rings. The van der Waals surface area contributed by atoms with Gasteiger partial charge in [-0.3, -0.25) is 4.79 Å². The van der Waals surface area contributed by atoms with E-state index in [1.807, 2.05) is 98.8 Å². The summed E-state index contributed by atoms with van der Waals surface area (Å²) in [6.45, 7) is 3.65. The molecule has 0 unspecified atom stereocenters. The average Bonchev–Trinajstić information content (AvgIpc) is 2.88. The lowest BCUT2D eigenvalue weighted by atomic mass is 9.99. The van der Waals surface area contributed by atoms with E-state index >= 15 is 0 Å².